The van der Waals surface area contributed by atoms with Gasteiger partial charge in [0.25, 0.3) is 0 Å². The molecule has 0 spiro atoms. The van der Waals surface area contributed by atoms with Crippen LogP contribution in [0, 0.1) is 3.57 Å². The van der Waals surface area contributed by atoms with Crippen LogP contribution in [0.1, 0.15) is 0 Å². The van der Waals surface area contributed by atoms with Gasteiger partial charge in [-0.05, 0) is 80.1 Å². The average Bonchev–Trinajstić information content (AvgIpc) is 3.37. The van der Waals surface area contributed by atoms with Gasteiger partial charge in [0.1, 0.15) is 0 Å². The van der Waals surface area contributed by atoms with Crippen LogP contribution >= 0.6 is 22.6 Å². The van der Waals surface area contributed by atoms with Gasteiger partial charge in [-0.2, -0.15) is 0 Å². The standard InChI is InChI=1S/C38H24IN/c39-30-12-8-11-28(23-30)29-21-22-34-36(24-29)40-35-16-7-6-14-32(35)31-13-4-5-15-33(31)38(40)37(34)27-19-17-26(18-20-27)25-9-2-1-3-10-25/h1-24H. The maximum Gasteiger partial charge on any atom is 0.0625 e. The third-order valence-corrected chi connectivity index (χ3v) is 8.70. The van der Waals surface area contributed by atoms with Crippen molar-refractivity contribution < 1.29 is 0 Å². The second-order valence-electron chi connectivity index (χ2n) is 10.3. The van der Waals surface area contributed by atoms with Gasteiger partial charge in [0, 0.05) is 25.3 Å². The molecule has 0 unspecified atom stereocenters. The predicted molar refractivity (Wildman–Crippen MR) is 179 cm³/mol. The third kappa shape index (κ3) is 3.67. The molecule has 0 aliphatic carbocycles. The first kappa shape index (κ1) is 23.5. The van der Waals surface area contributed by atoms with Crippen molar-refractivity contribution in [1.82, 2.24) is 4.40 Å². The molecule has 0 N–H and O–H groups in total. The van der Waals surface area contributed by atoms with Gasteiger partial charge >= 0.3 is 0 Å². The zero-order valence-corrected chi connectivity index (χ0v) is 23.8. The molecule has 0 aliphatic heterocycles. The summed E-state index contributed by atoms with van der Waals surface area (Å²) in [6.07, 6.45) is 0. The van der Waals surface area contributed by atoms with E-state index < -0.39 is 0 Å². The summed E-state index contributed by atoms with van der Waals surface area (Å²) in [7, 11) is 0. The molecule has 2 heteroatoms. The van der Waals surface area contributed by atoms with Crippen LogP contribution in [0.25, 0.3) is 71.5 Å². The molecular weight excluding hydrogens is 597 g/mol. The Morgan fingerprint density at radius 1 is 0.375 bits per heavy atom. The lowest BCUT2D eigenvalue weighted by Gasteiger charge is -2.12. The first-order chi connectivity index (χ1) is 19.8. The molecule has 0 saturated heterocycles. The van der Waals surface area contributed by atoms with Crippen molar-refractivity contribution in [2.45, 2.75) is 0 Å². The van der Waals surface area contributed by atoms with Crippen molar-refractivity contribution in [2.75, 3.05) is 0 Å². The van der Waals surface area contributed by atoms with Crippen LogP contribution in [0.5, 0.6) is 0 Å². The van der Waals surface area contributed by atoms with E-state index in [9.17, 15) is 0 Å². The zero-order valence-electron chi connectivity index (χ0n) is 21.7. The van der Waals surface area contributed by atoms with Crippen LogP contribution in [-0.2, 0) is 0 Å². The van der Waals surface area contributed by atoms with Crippen molar-refractivity contribution in [3.8, 4) is 33.4 Å². The lowest BCUT2D eigenvalue weighted by Crippen LogP contribution is -1.91. The summed E-state index contributed by atoms with van der Waals surface area (Å²) in [5.74, 6) is 0. The summed E-state index contributed by atoms with van der Waals surface area (Å²) in [5.41, 5.74) is 11.2. The fraction of sp³-hybridized carbons (Fsp3) is 0. The van der Waals surface area contributed by atoms with E-state index >= 15 is 0 Å². The average molecular weight is 622 g/mol. The molecule has 188 valence electrons. The van der Waals surface area contributed by atoms with Gasteiger partial charge < -0.3 is 4.40 Å². The van der Waals surface area contributed by atoms with Crippen LogP contribution in [0.3, 0.4) is 0 Å². The Kier molecular flexibility index (Phi) is 5.49. The minimum atomic E-state index is 1.23. The largest absolute Gasteiger partial charge is 0.308 e. The fourth-order valence-electron chi connectivity index (χ4n) is 6.21. The van der Waals surface area contributed by atoms with Gasteiger partial charge in [0.15, 0.2) is 0 Å². The Balaban J connectivity index is 1.50. The number of rotatable bonds is 3. The van der Waals surface area contributed by atoms with Gasteiger partial charge in [-0.15, -0.1) is 0 Å². The lowest BCUT2D eigenvalue weighted by molar-refractivity contribution is 1.35. The highest BCUT2D eigenvalue weighted by Crippen LogP contribution is 2.43. The highest BCUT2D eigenvalue weighted by molar-refractivity contribution is 14.1. The molecule has 0 aliphatic rings. The minimum Gasteiger partial charge on any atom is -0.308 e. The van der Waals surface area contributed by atoms with Crippen molar-refractivity contribution >= 4 is 60.7 Å². The monoisotopic (exact) mass is 621 g/mol. The van der Waals surface area contributed by atoms with Gasteiger partial charge in [-0.25, -0.2) is 0 Å². The number of hydrogen-bond donors (Lipinski definition) is 0. The Bertz CT molecular complexity index is 2210. The molecular formula is C38H24IN. The lowest BCUT2D eigenvalue weighted by atomic mass is 9.96. The van der Waals surface area contributed by atoms with E-state index in [0.29, 0.717) is 0 Å². The van der Waals surface area contributed by atoms with Crippen LogP contribution in [0.15, 0.2) is 146 Å². The maximum absolute atomic E-state index is 2.49. The molecule has 40 heavy (non-hydrogen) atoms. The third-order valence-electron chi connectivity index (χ3n) is 8.02. The molecule has 0 saturated carbocycles. The molecule has 0 fully saturated rings. The van der Waals surface area contributed by atoms with Crippen LogP contribution < -0.4 is 0 Å². The van der Waals surface area contributed by atoms with Crippen molar-refractivity contribution in [3.05, 3.63) is 149 Å². The number of halogens is 1. The molecule has 0 radical (unpaired) electrons. The van der Waals surface area contributed by atoms with Crippen LogP contribution in [0.2, 0.25) is 0 Å². The molecule has 0 amide bonds. The Morgan fingerprint density at radius 3 is 1.77 bits per heavy atom. The summed E-state index contributed by atoms with van der Waals surface area (Å²) in [6, 6.07) is 53.1. The summed E-state index contributed by atoms with van der Waals surface area (Å²) in [4.78, 5) is 0. The molecule has 2 heterocycles. The molecule has 1 nitrogen and oxygen atoms in total. The highest BCUT2D eigenvalue weighted by Gasteiger charge is 2.20. The highest BCUT2D eigenvalue weighted by atomic mass is 127. The quantitative estimate of drug-likeness (QED) is 0.137. The van der Waals surface area contributed by atoms with E-state index in [4.69, 9.17) is 0 Å². The summed E-state index contributed by atoms with van der Waals surface area (Å²) in [6.45, 7) is 0. The van der Waals surface area contributed by atoms with Crippen molar-refractivity contribution in [1.29, 1.82) is 0 Å². The maximum atomic E-state index is 2.49. The number of pyridine rings is 1. The Hall–Kier alpha value is -4.41. The molecule has 0 bridgehead atoms. The van der Waals surface area contributed by atoms with E-state index in [1.54, 1.807) is 0 Å². The predicted octanol–water partition coefficient (Wildman–Crippen LogP) is 11.0. The second-order valence-corrected chi connectivity index (χ2v) is 11.6. The molecule has 8 aromatic rings. The molecule has 0 atom stereocenters. The number of fused-ring (bicyclic) bond motifs is 8. The fourth-order valence-corrected chi connectivity index (χ4v) is 6.76. The van der Waals surface area contributed by atoms with E-state index in [2.05, 4.69) is 173 Å². The second kappa shape index (κ2) is 9.35. The Labute approximate surface area is 246 Å². The minimum absolute atomic E-state index is 1.23. The topological polar surface area (TPSA) is 4.41 Å². The van der Waals surface area contributed by atoms with E-state index in [0.717, 1.165) is 0 Å². The normalized spacial score (nSPS) is 11.6. The van der Waals surface area contributed by atoms with E-state index in [1.807, 2.05) is 0 Å². The summed E-state index contributed by atoms with van der Waals surface area (Å²) in [5, 5.41) is 5.10. The van der Waals surface area contributed by atoms with Crippen LogP contribution in [0.4, 0.5) is 0 Å². The van der Waals surface area contributed by atoms with Gasteiger partial charge in [0.2, 0.25) is 0 Å². The summed E-state index contributed by atoms with van der Waals surface area (Å²) < 4.78 is 3.73. The van der Waals surface area contributed by atoms with E-state index in [1.165, 1.54) is 75.0 Å². The van der Waals surface area contributed by atoms with Crippen LogP contribution in [-0.4, -0.2) is 4.40 Å². The smallest absolute Gasteiger partial charge is 0.0625 e. The van der Waals surface area contributed by atoms with Gasteiger partial charge in [0.05, 0.1) is 16.6 Å². The number of nitrogens with zero attached hydrogens (tertiary/aromatic N) is 1. The number of aromatic nitrogens is 1. The molecule has 6 aromatic carbocycles. The number of hydrogen-bond acceptors (Lipinski definition) is 0. The zero-order chi connectivity index (χ0) is 26.6. The van der Waals surface area contributed by atoms with Crippen molar-refractivity contribution in [2.24, 2.45) is 0 Å². The summed E-state index contributed by atoms with van der Waals surface area (Å²) >= 11 is 2.40. The SMILES string of the molecule is Ic1cccc(-c2ccc3c(-c4ccc(-c5ccccc5)cc4)c4c5ccccc5c5ccccc5n4c3c2)c1. The first-order valence-electron chi connectivity index (χ1n) is 13.6. The Morgan fingerprint density at radius 2 is 0.975 bits per heavy atom. The van der Waals surface area contributed by atoms with Gasteiger partial charge in [-0.3, -0.25) is 0 Å². The number of para-hydroxylation sites is 1. The van der Waals surface area contributed by atoms with Gasteiger partial charge in [-0.1, -0.05) is 121 Å². The van der Waals surface area contributed by atoms with E-state index in [-0.39, 0.29) is 0 Å². The van der Waals surface area contributed by atoms with Crippen molar-refractivity contribution in [3.63, 3.8) is 0 Å². The first-order valence-corrected chi connectivity index (χ1v) is 14.6. The molecule has 8 rings (SSSR count). The molecule has 2 aromatic heterocycles. The number of benzene rings is 6.